The smallest absolute Gasteiger partial charge is 0.357 e. The second-order valence-corrected chi connectivity index (χ2v) is 24.6. The third-order valence-corrected chi connectivity index (χ3v) is 20.6. The van der Waals surface area contributed by atoms with Gasteiger partial charge in [-0.2, -0.15) is 0 Å². The summed E-state index contributed by atoms with van der Waals surface area (Å²) >= 11 is 0. The Morgan fingerprint density at radius 3 is 2.09 bits per heavy atom. The van der Waals surface area contributed by atoms with Crippen molar-refractivity contribution in [2.24, 2.45) is 50.2 Å². The number of nitrogens with one attached hydrogen (secondary N) is 3. The number of fused-ring (bicyclic) bond motifs is 7. The van der Waals surface area contributed by atoms with E-state index in [0.29, 0.717) is 30.4 Å². The molecule has 5 aliphatic rings. The Hall–Kier alpha value is -3.50. The maximum absolute atomic E-state index is 14.7. The largest absolute Gasteiger partial charge is 0.497 e. The molecule has 66 heavy (non-hydrogen) atoms. The summed E-state index contributed by atoms with van der Waals surface area (Å²) in [7, 11) is -2.00. The number of methoxy groups -OCH3 is 1. The molecule has 2 aromatic rings. The van der Waals surface area contributed by atoms with Crippen LogP contribution in [0.3, 0.4) is 0 Å². The lowest BCUT2D eigenvalue weighted by Crippen LogP contribution is -2.66. The average molecular weight is 930 g/mol. The summed E-state index contributed by atoms with van der Waals surface area (Å²) in [5.41, 5.74) is 2.47. The van der Waals surface area contributed by atoms with Gasteiger partial charge in [-0.15, -0.1) is 0 Å². The van der Waals surface area contributed by atoms with Crippen LogP contribution in [0.2, 0.25) is 0 Å². The first-order chi connectivity index (χ1) is 31.1. The minimum atomic E-state index is -3.60. The third-order valence-electron chi connectivity index (χ3n) is 18.3. The molecule has 0 bridgehead atoms. The maximum Gasteiger partial charge on any atom is 0.357 e. The number of carbonyl (C=O) groups is 3. The van der Waals surface area contributed by atoms with Crippen LogP contribution < -0.4 is 20.7 Å². The molecular weight excluding hydrogens is 850 g/mol. The molecule has 0 saturated heterocycles. The van der Waals surface area contributed by atoms with Gasteiger partial charge in [0.25, 0.3) is 0 Å². The third kappa shape index (κ3) is 9.09. The van der Waals surface area contributed by atoms with Crippen LogP contribution in [0.4, 0.5) is 5.69 Å². The zero-order valence-corrected chi connectivity index (χ0v) is 42.5. The Morgan fingerprint density at radius 2 is 1.45 bits per heavy atom. The molecule has 0 aromatic heterocycles. The molecule has 0 heterocycles. The second-order valence-electron chi connectivity index (χ2n) is 22.5. The van der Waals surface area contributed by atoms with Crippen LogP contribution in [0.15, 0.2) is 60.2 Å². The van der Waals surface area contributed by atoms with E-state index in [1.807, 2.05) is 48.5 Å². The van der Waals surface area contributed by atoms with Crippen molar-refractivity contribution in [3.05, 3.63) is 71.3 Å². The van der Waals surface area contributed by atoms with Crippen molar-refractivity contribution >= 4 is 30.9 Å². The lowest BCUT2D eigenvalue weighted by atomic mass is 9.33. The molecule has 7 rings (SSSR count). The van der Waals surface area contributed by atoms with Gasteiger partial charge in [-0.3, -0.25) is 18.9 Å². The van der Waals surface area contributed by atoms with Crippen LogP contribution in [0.25, 0.3) is 0 Å². The van der Waals surface area contributed by atoms with Crippen molar-refractivity contribution in [1.29, 1.82) is 0 Å². The number of aliphatic hydroxyl groups excluding tert-OH is 1. The molecule has 5 aliphatic carbocycles. The highest BCUT2D eigenvalue weighted by Crippen LogP contribution is 2.75. The van der Waals surface area contributed by atoms with Gasteiger partial charge >= 0.3 is 7.60 Å². The highest BCUT2D eigenvalue weighted by Gasteiger charge is 2.70. The molecule has 2 amide bonds. The number of hydrogen-bond donors (Lipinski definition) is 4. The van der Waals surface area contributed by atoms with Gasteiger partial charge in [-0.1, -0.05) is 78.3 Å². The number of hydrogen-bond acceptors (Lipinski definition) is 9. The van der Waals surface area contributed by atoms with Crippen LogP contribution in [-0.2, 0) is 34.4 Å². The monoisotopic (exact) mass is 930 g/mol. The molecule has 1 unspecified atom stereocenters. The van der Waals surface area contributed by atoms with Crippen molar-refractivity contribution in [3.63, 3.8) is 0 Å². The number of allylic oxidation sites excluding steroid dienone is 2. The van der Waals surface area contributed by atoms with E-state index >= 15 is 0 Å². The summed E-state index contributed by atoms with van der Waals surface area (Å²) < 4.78 is 30.7. The molecule has 0 radical (unpaired) electrons. The average Bonchev–Trinajstić information content (AvgIpc) is 3.27. The van der Waals surface area contributed by atoms with Crippen molar-refractivity contribution < 1.29 is 37.8 Å². The van der Waals surface area contributed by atoms with E-state index in [1.165, 1.54) is 5.57 Å². The van der Waals surface area contributed by atoms with Gasteiger partial charge < -0.3 is 34.8 Å². The van der Waals surface area contributed by atoms with Gasteiger partial charge in [-0.05, 0) is 165 Å². The number of anilines is 1. The fraction of sp³-hybridized carbons (Fsp3) is 0.685. The fourth-order valence-electron chi connectivity index (χ4n) is 14.1. The van der Waals surface area contributed by atoms with Crippen LogP contribution in [0, 0.1) is 50.2 Å². The van der Waals surface area contributed by atoms with E-state index < -0.39 is 18.8 Å². The zero-order valence-electron chi connectivity index (χ0n) is 41.6. The first-order valence-corrected chi connectivity index (χ1v) is 26.6. The van der Waals surface area contributed by atoms with Crippen LogP contribution in [0.1, 0.15) is 150 Å². The standard InChI is InChI=1S/C54H80N3O8P/c1-11-64-66(62,65-12-2)47(37-17-21-39(63-10)22-18-37)57-38-19-15-36(16-20-38)33-45(60)55-31-13-14-32-56-48(61)51(6)28-27-50(5)29-30-53(8)40(41(50)35-51)34-42(58)46-52(7)25-24-44(59)49(3,4)43(52)23-26-54(46,53)9/h15-22,34,41,43-44,46-47,57,59H,11-14,23-33,35H2,1-10H3,(H,55,60)(H,56,61)/t41-,43-,44-,46+,47?,50+,51-,52-,53+,54+/m0/s1. The SMILES string of the molecule is CCOP(=O)(OCC)C(Nc1ccc(CC(=O)NCCCCNC(=O)[C@@]2(C)CC[C@]3(C)CC[C@]4(C)C(=CC(=O)[C@@H]5[C@@]6(C)CC[C@H](O)C(C)(C)[C@@H]6CC[C@]54C)[C@@H]3C2)cc1)c1ccc(OC)cc1. The molecule has 0 spiro atoms. The number of amides is 2. The Kier molecular flexibility index (Phi) is 14.6. The number of carbonyl (C=O) groups excluding carboxylic acids is 3. The normalized spacial score (nSPS) is 34.0. The number of benzene rings is 2. The van der Waals surface area contributed by atoms with Gasteiger partial charge in [0.05, 0.1) is 32.8 Å². The van der Waals surface area contributed by atoms with Crippen molar-refractivity contribution in [1.82, 2.24) is 10.6 Å². The first-order valence-electron chi connectivity index (χ1n) is 25.0. The molecule has 11 nitrogen and oxygen atoms in total. The second kappa shape index (κ2) is 19.1. The summed E-state index contributed by atoms with van der Waals surface area (Å²) in [6.45, 7) is 21.3. The Balaban J connectivity index is 0.907. The summed E-state index contributed by atoms with van der Waals surface area (Å²) in [4.78, 5) is 41.8. The summed E-state index contributed by atoms with van der Waals surface area (Å²) in [6, 6.07) is 14.8. The predicted octanol–water partition coefficient (Wildman–Crippen LogP) is 11.0. The number of unbranched alkanes of at least 4 members (excludes halogenated alkanes) is 1. The molecular formula is C54H80N3O8P. The highest BCUT2D eigenvalue weighted by atomic mass is 31.2. The molecule has 4 saturated carbocycles. The Bertz CT molecular complexity index is 2170. The predicted molar refractivity (Wildman–Crippen MR) is 261 cm³/mol. The van der Waals surface area contributed by atoms with E-state index in [4.69, 9.17) is 13.8 Å². The topological polar surface area (TPSA) is 152 Å². The van der Waals surface area contributed by atoms with Crippen LogP contribution in [0.5, 0.6) is 5.75 Å². The molecule has 4 fully saturated rings. The van der Waals surface area contributed by atoms with E-state index in [1.54, 1.807) is 21.0 Å². The van der Waals surface area contributed by atoms with Crippen molar-refractivity contribution in [3.8, 4) is 5.75 Å². The summed E-state index contributed by atoms with van der Waals surface area (Å²) in [5, 5.41) is 20.8. The van der Waals surface area contributed by atoms with E-state index in [2.05, 4.69) is 70.5 Å². The number of ether oxygens (including phenoxy) is 1. The van der Waals surface area contributed by atoms with Gasteiger partial charge in [0, 0.05) is 30.1 Å². The Morgan fingerprint density at radius 1 is 0.818 bits per heavy atom. The number of rotatable bonds is 17. The quantitative estimate of drug-likeness (QED) is 0.0897. The van der Waals surface area contributed by atoms with E-state index in [-0.39, 0.29) is 82.2 Å². The zero-order chi connectivity index (χ0) is 47.9. The van der Waals surface area contributed by atoms with Crippen molar-refractivity contribution in [2.45, 2.75) is 151 Å². The highest BCUT2D eigenvalue weighted by molar-refractivity contribution is 7.54. The summed E-state index contributed by atoms with van der Waals surface area (Å²) in [6.07, 6.45) is 11.8. The van der Waals surface area contributed by atoms with Crippen LogP contribution >= 0.6 is 7.60 Å². The van der Waals surface area contributed by atoms with Crippen LogP contribution in [-0.4, -0.2) is 62.2 Å². The first kappa shape index (κ1) is 50.4. The molecule has 364 valence electrons. The Labute approximate surface area is 395 Å². The molecule has 10 atom stereocenters. The minimum absolute atomic E-state index is 0.0594. The lowest BCUT2D eigenvalue weighted by Gasteiger charge is -2.70. The minimum Gasteiger partial charge on any atom is -0.497 e. The molecule has 2 aromatic carbocycles. The molecule has 0 aliphatic heterocycles. The maximum atomic E-state index is 14.7. The van der Waals surface area contributed by atoms with E-state index in [9.17, 15) is 24.1 Å². The summed E-state index contributed by atoms with van der Waals surface area (Å²) in [5.74, 6) is 0.642. The number of ketones is 1. The van der Waals surface area contributed by atoms with E-state index in [0.717, 1.165) is 81.8 Å². The lowest BCUT2D eigenvalue weighted by molar-refractivity contribution is -0.202. The van der Waals surface area contributed by atoms with Crippen molar-refractivity contribution in [2.75, 3.05) is 38.7 Å². The van der Waals surface area contributed by atoms with Gasteiger partial charge in [0.1, 0.15) is 5.75 Å². The van der Waals surface area contributed by atoms with Gasteiger partial charge in [0.15, 0.2) is 11.6 Å². The van der Waals surface area contributed by atoms with Gasteiger partial charge in [0.2, 0.25) is 11.8 Å². The molecule has 4 N–H and O–H groups in total. The van der Waals surface area contributed by atoms with Gasteiger partial charge in [-0.25, -0.2) is 0 Å². The molecule has 12 heteroatoms. The fourth-order valence-corrected chi connectivity index (χ4v) is 16.0. The number of aliphatic hydroxyl groups is 1.